The first kappa shape index (κ1) is 15.8. The smallest absolute Gasteiger partial charge is 0.0678 e. The molecular weight excluding hydrogens is 258 g/mol. The summed E-state index contributed by atoms with van der Waals surface area (Å²) < 4.78 is 2.11. The van der Waals surface area contributed by atoms with Gasteiger partial charge in [0.25, 0.3) is 0 Å². The summed E-state index contributed by atoms with van der Waals surface area (Å²) in [4.78, 5) is 0. The highest BCUT2D eigenvalue weighted by Gasteiger charge is 2.16. The zero-order chi connectivity index (χ0) is 15.6. The van der Waals surface area contributed by atoms with Gasteiger partial charge in [-0.3, -0.25) is 0 Å². The molecular formula is C18H27N3. The average Bonchev–Trinajstić information content (AvgIpc) is 2.80. The summed E-state index contributed by atoms with van der Waals surface area (Å²) in [5.74, 6) is 0.442. The van der Waals surface area contributed by atoms with Crippen LogP contribution in [0.5, 0.6) is 0 Å². The van der Waals surface area contributed by atoms with Crippen molar-refractivity contribution >= 4 is 0 Å². The molecule has 0 amide bonds. The Balaban J connectivity index is 2.44. The highest BCUT2D eigenvalue weighted by Crippen LogP contribution is 2.25. The van der Waals surface area contributed by atoms with E-state index in [9.17, 15) is 0 Å². The van der Waals surface area contributed by atoms with E-state index in [0.29, 0.717) is 12.0 Å². The molecule has 0 fully saturated rings. The van der Waals surface area contributed by atoms with Crippen LogP contribution in [0.4, 0.5) is 0 Å². The van der Waals surface area contributed by atoms with Crippen LogP contribution in [0.25, 0.3) is 5.69 Å². The summed E-state index contributed by atoms with van der Waals surface area (Å²) >= 11 is 0. The molecule has 0 aliphatic heterocycles. The van der Waals surface area contributed by atoms with Gasteiger partial charge < -0.3 is 5.32 Å². The molecule has 0 aliphatic rings. The Morgan fingerprint density at radius 1 is 1.14 bits per heavy atom. The van der Waals surface area contributed by atoms with Crippen LogP contribution in [-0.2, 0) is 6.54 Å². The molecule has 3 heteroatoms. The zero-order valence-corrected chi connectivity index (χ0v) is 14.1. The van der Waals surface area contributed by atoms with Crippen molar-refractivity contribution in [2.75, 3.05) is 0 Å². The van der Waals surface area contributed by atoms with Crippen LogP contribution in [0.15, 0.2) is 24.4 Å². The summed E-state index contributed by atoms with van der Waals surface area (Å²) in [6, 6.07) is 7.02. The number of benzene rings is 1. The van der Waals surface area contributed by atoms with Gasteiger partial charge in [-0.05, 0) is 31.4 Å². The standard InChI is InChI=1S/C18H27N3/c1-12(2)18-16(10-19-13(3)4)11-20-21(18)17-8-7-14(5)9-15(17)6/h7-9,11-13,19H,10H2,1-6H3. The summed E-state index contributed by atoms with van der Waals surface area (Å²) in [5.41, 5.74) is 6.33. The van der Waals surface area contributed by atoms with Crippen LogP contribution in [0.2, 0.25) is 0 Å². The monoisotopic (exact) mass is 285 g/mol. The molecule has 2 rings (SSSR count). The van der Waals surface area contributed by atoms with Crippen LogP contribution in [0.1, 0.15) is 56.0 Å². The fraction of sp³-hybridized carbons (Fsp3) is 0.500. The molecule has 0 radical (unpaired) electrons. The number of nitrogens with one attached hydrogen (secondary N) is 1. The van der Waals surface area contributed by atoms with E-state index in [4.69, 9.17) is 0 Å². The topological polar surface area (TPSA) is 29.9 Å². The molecule has 0 bridgehead atoms. The highest BCUT2D eigenvalue weighted by atomic mass is 15.3. The van der Waals surface area contributed by atoms with Crippen molar-refractivity contribution in [3.63, 3.8) is 0 Å². The van der Waals surface area contributed by atoms with Gasteiger partial charge >= 0.3 is 0 Å². The molecule has 0 spiro atoms. The van der Waals surface area contributed by atoms with Crippen LogP contribution in [0, 0.1) is 13.8 Å². The van der Waals surface area contributed by atoms with Crippen LogP contribution in [-0.4, -0.2) is 15.8 Å². The lowest BCUT2D eigenvalue weighted by Gasteiger charge is -2.16. The molecule has 1 aromatic carbocycles. The van der Waals surface area contributed by atoms with Gasteiger partial charge in [0.05, 0.1) is 17.6 Å². The molecule has 1 heterocycles. The third-order valence-electron chi connectivity index (χ3n) is 3.71. The summed E-state index contributed by atoms with van der Waals surface area (Å²) in [6.45, 7) is 14.0. The summed E-state index contributed by atoms with van der Waals surface area (Å²) in [5, 5.41) is 8.14. The van der Waals surface area contributed by atoms with E-state index in [1.807, 2.05) is 6.20 Å². The van der Waals surface area contributed by atoms with Crippen molar-refractivity contribution in [1.29, 1.82) is 0 Å². The molecule has 3 nitrogen and oxygen atoms in total. The third kappa shape index (κ3) is 3.53. The number of hydrogen-bond donors (Lipinski definition) is 1. The molecule has 1 N–H and O–H groups in total. The summed E-state index contributed by atoms with van der Waals surface area (Å²) in [7, 11) is 0. The minimum atomic E-state index is 0.442. The Labute approximate surface area is 128 Å². The van der Waals surface area contributed by atoms with Gasteiger partial charge in [-0.25, -0.2) is 4.68 Å². The van der Waals surface area contributed by atoms with Crippen molar-refractivity contribution in [1.82, 2.24) is 15.1 Å². The molecule has 21 heavy (non-hydrogen) atoms. The zero-order valence-electron chi connectivity index (χ0n) is 14.1. The molecule has 0 unspecified atom stereocenters. The average molecular weight is 285 g/mol. The predicted molar refractivity (Wildman–Crippen MR) is 89.1 cm³/mol. The Hall–Kier alpha value is -1.61. The Bertz CT molecular complexity index is 609. The van der Waals surface area contributed by atoms with Gasteiger partial charge in [-0.1, -0.05) is 45.4 Å². The first-order valence-corrected chi connectivity index (χ1v) is 7.78. The number of hydrogen-bond acceptors (Lipinski definition) is 2. The van der Waals surface area contributed by atoms with Crippen molar-refractivity contribution in [3.05, 3.63) is 46.8 Å². The first-order chi connectivity index (χ1) is 9.90. The number of aromatic nitrogens is 2. The Morgan fingerprint density at radius 3 is 2.43 bits per heavy atom. The molecule has 0 aliphatic carbocycles. The van der Waals surface area contributed by atoms with E-state index < -0.39 is 0 Å². The maximum atomic E-state index is 4.65. The second-order valence-corrected chi connectivity index (χ2v) is 6.45. The molecule has 114 valence electrons. The van der Waals surface area contributed by atoms with E-state index in [0.717, 1.165) is 6.54 Å². The van der Waals surface area contributed by atoms with Crippen molar-refractivity contribution in [2.24, 2.45) is 0 Å². The van der Waals surface area contributed by atoms with E-state index >= 15 is 0 Å². The van der Waals surface area contributed by atoms with Gasteiger partial charge in [0.15, 0.2) is 0 Å². The van der Waals surface area contributed by atoms with Gasteiger partial charge in [0, 0.05) is 18.2 Å². The van der Waals surface area contributed by atoms with E-state index in [1.54, 1.807) is 0 Å². The number of aryl methyl sites for hydroxylation is 2. The number of nitrogens with zero attached hydrogens (tertiary/aromatic N) is 2. The van der Waals surface area contributed by atoms with E-state index in [1.165, 1.54) is 28.1 Å². The molecule has 2 aromatic rings. The Kier molecular flexibility index (Phi) is 4.84. The Morgan fingerprint density at radius 2 is 1.86 bits per heavy atom. The van der Waals surface area contributed by atoms with Crippen LogP contribution >= 0.6 is 0 Å². The van der Waals surface area contributed by atoms with Gasteiger partial charge in [-0.2, -0.15) is 5.10 Å². The SMILES string of the molecule is Cc1ccc(-n2ncc(CNC(C)C)c2C(C)C)c(C)c1. The molecule has 1 aromatic heterocycles. The van der Waals surface area contributed by atoms with Crippen molar-refractivity contribution in [2.45, 2.75) is 60.0 Å². The van der Waals surface area contributed by atoms with Crippen molar-refractivity contribution < 1.29 is 0 Å². The predicted octanol–water partition coefficient (Wildman–Crippen LogP) is 4.11. The van der Waals surface area contributed by atoms with Gasteiger partial charge in [0.2, 0.25) is 0 Å². The first-order valence-electron chi connectivity index (χ1n) is 7.78. The minimum Gasteiger partial charge on any atom is -0.310 e. The largest absolute Gasteiger partial charge is 0.310 e. The fourth-order valence-electron chi connectivity index (χ4n) is 2.69. The second-order valence-electron chi connectivity index (χ2n) is 6.45. The fourth-order valence-corrected chi connectivity index (χ4v) is 2.69. The lowest BCUT2D eigenvalue weighted by atomic mass is 10.0. The lowest BCUT2D eigenvalue weighted by molar-refractivity contribution is 0.582. The normalized spacial score (nSPS) is 11.6. The second kappa shape index (κ2) is 6.44. The third-order valence-corrected chi connectivity index (χ3v) is 3.71. The molecule has 0 saturated carbocycles. The van der Waals surface area contributed by atoms with E-state index in [-0.39, 0.29) is 0 Å². The maximum Gasteiger partial charge on any atom is 0.0678 e. The quantitative estimate of drug-likeness (QED) is 0.896. The number of rotatable bonds is 5. The van der Waals surface area contributed by atoms with Crippen LogP contribution < -0.4 is 5.32 Å². The minimum absolute atomic E-state index is 0.442. The van der Waals surface area contributed by atoms with Crippen molar-refractivity contribution in [3.8, 4) is 5.69 Å². The molecule has 0 atom stereocenters. The molecule has 0 saturated heterocycles. The van der Waals surface area contributed by atoms with Gasteiger partial charge in [-0.15, -0.1) is 0 Å². The highest BCUT2D eigenvalue weighted by molar-refractivity contribution is 5.44. The van der Waals surface area contributed by atoms with E-state index in [2.05, 4.69) is 74.8 Å². The van der Waals surface area contributed by atoms with Crippen LogP contribution in [0.3, 0.4) is 0 Å². The summed E-state index contributed by atoms with van der Waals surface area (Å²) in [6.07, 6.45) is 2.00. The lowest BCUT2D eigenvalue weighted by Crippen LogP contribution is -2.22. The van der Waals surface area contributed by atoms with Gasteiger partial charge in [0.1, 0.15) is 0 Å². The maximum absolute atomic E-state index is 4.65.